The Morgan fingerprint density at radius 1 is 1.17 bits per heavy atom. The van der Waals surface area contributed by atoms with E-state index in [-0.39, 0.29) is 5.91 Å². The summed E-state index contributed by atoms with van der Waals surface area (Å²) in [5.41, 5.74) is 2.22. The molecule has 126 valence electrons. The average molecular weight is 347 g/mol. The molecule has 0 atom stereocenters. The fourth-order valence-electron chi connectivity index (χ4n) is 2.62. The molecule has 2 aromatic rings. The number of halogens is 1. The zero-order chi connectivity index (χ0) is 16.9. The van der Waals surface area contributed by atoms with Crippen molar-refractivity contribution in [3.63, 3.8) is 0 Å². The number of morpholine rings is 1. The van der Waals surface area contributed by atoms with Gasteiger partial charge in [-0.2, -0.15) is 0 Å². The lowest BCUT2D eigenvalue weighted by molar-refractivity contribution is 0.102. The van der Waals surface area contributed by atoms with Gasteiger partial charge >= 0.3 is 0 Å². The second-order valence-electron chi connectivity index (χ2n) is 5.45. The maximum atomic E-state index is 12.4. The van der Waals surface area contributed by atoms with E-state index in [1.54, 1.807) is 25.3 Å². The van der Waals surface area contributed by atoms with Gasteiger partial charge in [-0.25, -0.2) is 0 Å². The monoisotopic (exact) mass is 346 g/mol. The molecule has 0 aromatic heterocycles. The van der Waals surface area contributed by atoms with E-state index in [0.717, 1.165) is 32.0 Å². The number of nitrogens with one attached hydrogen (secondary N) is 1. The number of benzene rings is 2. The number of carbonyl (C=O) groups excluding carboxylic acids is 1. The van der Waals surface area contributed by atoms with Gasteiger partial charge in [-0.3, -0.25) is 4.79 Å². The normalized spacial score (nSPS) is 14.3. The highest BCUT2D eigenvalue weighted by molar-refractivity contribution is 6.31. The highest BCUT2D eigenvalue weighted by Gasteiger charge is 2.13. The molecule has 1 N–H and O–H groups in total. The van der Waals surface area contributed by atoms with E-state index >= 15 is 0 Å². The van der Waals surface area contributed by atoms with Crippen LogP contribution in [-0.2, 0) is 4.74 Å². The Balaban J connectivity index is 1.72. The summed E-state index contributed by atoms with van der Waals surface area (Å²) in [7, 11) is 1.55. The maximum absolute atomic E-state index is 12.4. The van der Waals surface area contributed by atoms with Crippen LogP contribution in [0.3, 0.4) is 0 Å². The van der Waals surface area contributed by atoms with Crippen LogP contribution in [0.4, 0.5) is 11.4 Å². The van der Waals surface area contributed by atoms with Crippen molar-refractivity contribution in [3.8, 4) is 5.75 Å². The van der Waals surface area contributed by atoms with Crippen LogP contribution in [0.15, 0.2) is 42.5 Å². The molecular formula is C18H19ClN2O3. The predicted molar refractivity (Wildman–Crippen MR) is 95.4 cm³/mol. The van der Waals surface area contributed by atoms with Gasteiger partial charge in [0, 0.05) is 29.4 Å². The minimum atomic E-state index is -0.205. The molecule has 1 aliphatic heterocycles. The van der Waals surface area contributed by atoms with Gasteiger partial charge in [-0.1, -0.05) is 11.6 Å². The Morgan fingerprint density at radius 3 is 2.54 bits per heavy atom. The minimum absolute atomic E-state index is 0.205. The number of hydrogen-bond donors (Lipinski definition) is 1. The van der Waals surface area contributed by atoms with Crippen molar-refractivity contribution in [2.24, 2.45) is 0 Å². The Labute approximate surface area is 146 Å². The van der Waals surface area contributed by atoms with E-state index in [4.69, 9.17) is 21.1 Å². The van der Waals surface area contributed by atoms with E-state index in [1.807, 2.05) is 24.3 Å². The van der Waals surface area contributed by atoms with E-state index in [1.165, 1.54) is 0 Å². The molecule has 2 aromatic carbocycles. The number of amides is 1. The highest BCUT2D eigenvalue weighted by Crippen LogP contribution is 2.28. The van der Waals surface area contributed by atoms with Crippen LogP contribution in [0, 0.1) is 0 Å². The standard InChI is InChI=1S/C18H19ClN2O3/c1-23-17-7-4-14(19)12-16(17)20-18(22)13-2-5-15(6-3-13)21-8-10-24-11-9-21/h2-7,12H,8-11H2,1H3,(H,20,22). The number of nitrogens with zero attached hydrogens (tertiary/aromatic N) is 1. The zero-order valence-electron chi connectivity index (χ0n) is 13.4. The van der Waals surface area contributed by atoms with Crippen LogP contribution >= 0.6 is 11.6 Å². The predicted octanol–water partition coefficient (Wildman–Crippen LogP) is 3.44. The fourth-order valence-corrected chi connectivity index (χ4v) is 2.79. The van der Waals surface area contributed by atoms with Crippen molar-refractivity contribution in [2.75, 3.05) is 43.6 Å². The fraction of sp³-hybridized carbons (Fsp3) is 0.278. The molecular weight excluding hydrogens is 328 g/mol. The average Bonchev–Trinajstić information content (AvgIpc) is 2.63. The SMILES string of the molecule is COc1ccc(Cl)cc1NC(=O)c1ccc(N2CCOCC2)cc1. The Kier molecular flexibility index (Phi) is 5.23. The van der Waals surface area contributed by atoms with Gasteiger partial charge in [0.05, 0.1) is 26.0 Å². The molecule has 6 heteroatoms. The Hall–Kier alpha value is -2.24. The lowest BCUT2D eigenvalue weighted by atomic mass is 10.1. The molecule has 5 nitrogen and oxygen atoms in total. The first-order valence-corrected chi connectivity index (χ1v) is 8.13. The molecule has 0 spiro atoms. The van der Waals surface area contributed by atoms with Crippen LogP contribution in [0.2, 0.25) is 5.02 Å². The van der Waals surface area contributed by atoms with Gasteiger partial charge in [-0.05, 0) is 42.5 Å². The molecule has 1 fully saturated rings. The number of ether oxygens (including phenoxy) is 2. The smallest absolute Gasteiger partial charge is 0.255 e. The summed E-state index contributed by atoms with van der Waals surface area (Å²) in [4.78, 5) is 14.7. The Bertz CT molecular complexity index is 713. The minimum Gasteiger partial charge on any atom is -0.495 e. The summed E-state index contributed by atoms with van der Waals surface area (Å²) in [5.74, 6) is 0.363. The lowest BCUT2D eigenvalue weighted by Crippen LogP contribution is -2.36. The zero-order valence-corrected chi connectivity index (χ0v) is 14.2. The first kappa shape index (κ1) is 16.6. The Morgan fingerprint density at radius 2 is 1.88 bits per heavy atom. The largest absolute Gasteiger partial charge is 0.495 e. The summed E-state index contributed by atoms with van der Waals surface area (Å²) in [5, 5.41) is 3.37. The second kappa shape index (κ2) is 7.55. The van der Waals surface area contributed by atoms with E-state index in [9.17, 15) is 4.79 Å². The van der Waals surface area contributed by atoms with Gasteiger partial charge in [0.2, 0.25) is 0 Å². The summed E-state index contributed by atoms with van der Waals surface area (Å²) in [6, 6.07) is 12.6. The van der Waals surface area contributed by atoms with Crippen molar-refractivity contribution in [3.05, 3.63) is 53.1 Å². The molecule has 3 rings (SSSR count). The molecule has 1 saturated heterocycles. The topological polar surface area (TPSA) is 50.8 Å². The summed E-state index contributed by atoms with van der Waals surface area (Å²) in [6.07, 6.45) is 0. The maximum Gasteiger partial charge on any atom is 0.255 e. The third kappa shape index (κ3) is 3.80. The molecule has 0 saturated carbocycles. The summed E-state index contributed by atoms with van der Waals surface area (Å²) >= 11 is 5.99. The van der Waals surface area contributed by atoms with Crippen molar-refractivity contribution in [2.45, 2.75) is 0 Å². The third-order valence-electron chi connectivity index (χ3n) is 3.92. The van der Waals surface area contributed by atoms with Gasteiger partial charge < -0.3 is 19.7 Å². The van der Waals surface area contributed by atoms with Crippen molar-refractivity contribution in [1.29, 1.82) is 0 Å². The molecule has 0 radical (unpaired) electrons. The number of hydrogen-bond acceptors (Lipinski definition) is 4. The third-order valence-corrected chi connectivity index (χ3v) is 4.15. The van der Waals surface area contributed by atoms with Gasteiger partial charge in [-0.15, -0.1) is 0 Å². The second-order valence-corrected chi connectivity index (χ2v) is 5.88. The highest BCUT2D eigenvalue weighted by atomic mass is 35.5. The molecule has 0 bridgehead atoms. The van der Waals surface area contributed by atoms with Crippen LogP contribution < -0.4 is 15.0 Å². The van der Waals surface area contributed by atoms with Crippen LogP contribution in [0.1, 0.15) is 10.4 Å². The van der Waals surface area contributed by atoms with Crippen molar-refractivity contribution >= 4 is 28.9 Å². The van der Waals surface area contributed by atoms with E-state index < -0.39 is 0 Å². The lowest BCUT2D eigenvalue weighted by Gasteiger charge is -2.28. The first-order valence-electron chi connectivity index (χ1n) is 7.75. The van der Waals surface area contributed by atoms with Crippen molar-refractivity contribution in [1.82, 2.24) is 0 Å². The van der Waals surface area contributed by atoms with Gasteiger partial charge in [0.1, 0.15) is 5.75 Å². The molecule has 1 amide bonds. The number of anilines is 2. The van der Waals surface area contributed by atoms with E-state index in [0.29, 0.717) is 22.0 Å². The number of carbonyl (C=O) groups is 1. The molecule has 1 heterocycles. The van der Waals surface area contributed by atoms with Gasteiger partial charge in [0.15, 0.2) is 0 Å². The summed E-state index contributed by atoms with van der Waals surface area (Å²) in [6.45, 7) is 3.20. The number of methoxy groups -OCH3 is 1. The van der Waals surface area contributed by atoms with Crippen LogP contribution in [0.5, 0.6) is 5.75 Å². The molecule has 0 unspecified atom stereocenters. The van der Waals surface area contributed by atoms with Crippen LogP contribution in [0.25, 0.3) is 0 Å². The van der Waals surface area contributed by atoms with E-state index in [2.05, 4.69) is 10.2 Å². The van der Waals surface area contributed by atoms with Crippen molar-refractivity contribution < 1.29 is 14.3 Å². The number of rotatable bonds is 4. The molecule has 0 aliphatic carbocycles. The first-order chi connectivity index (χ1) is 11.7. The summed E-state index contributed by atoms with van der Waals surface area (Å²) < 4.78 is 10.6. The molecule has 24 heavy (non-hydrogen) atoms. The van der Waals surface area contributed by atoms with Crippen LogP contribution in [-0.4, -0.2) is 39.3 Å². The van der Waals surface area contributed by atoms with Gasteiger partial charge in [0.25, 0.3) is 5.91 Å². The molecule has 1 aliphatic rings. The quantitative estimate of drug-likeness (QED) is 0.921.